The first-order valence-corrected chi connectivity index (χ1v) is 33.7. The molecule has 2 atom stereocenters. The largest absolute Gasteiger partial charge is 0.466 e. The molecule has 0 saturated heterocycles. The summed E-state index contributed by atoms with van der Waals surface area (Å²) in [6.45, 7) is 4.97. The van der Waals surface area contributed by atoms with Gasteiger partial charge in [-0.25, -0.2) is 0 Å². The van der Waals surface area contributed by atoms with Crippen LogP contribution in [0.3, 0.4) is 0 Å². The van der Waals surface area contributed by atoms with Crippen LogP contribution in [0.15, 0.2) is 36.5 Å². The smallest absolute Gasteiger partial charge is 0.305 e. The molecule has 6 heteroatoms. The third-order valence-electron chi connectivity index (χ3n) is 15.7. The Bertz CT molecular complexity index is 1210. The SMILES string of the molecule is CCCCCCCCC/C=C\CCCCCCCCCC(=O)OCCCCCCCCCCC/C=C\C/C=C\CCCCCCCCCC(=O)NC(CO)C(O)CCCCCCCCCCCCCCCCCCC. The van der Waals surface area contributed by atoms with Crippen molar-refractivity contribution in [1.29, 1.82) is 0 Å². The highest BCUT2D eigenvalue weighted by molar-refractivity contribution is 5.76. The lowest BCUT2D eigenvalue weighted by atomic mass is 10.0. The number of esters is 1. The topological polar surface area (TPSA) is 95.9 Å². The first-order valence-electron chi connectivity index (χ1n) is 33.7. The van der Waals surface area contributed by atoms with Crippen molar-refractivity contribution in [3.05, 3.63) is 36.5 Å². The molecule has 0 aliphatic carbocycles. The van der Waals surface area contributed by atoms with Crippen molar-refractivity contribution >= 4 is 11.9 Å². The quantitative estimate of drug-likeness (QED) is 0.0320. The molecule has 0 aromatic rings. The third kappa shape index (κ3) is 61.2. The Balaban J connectivity index is 3.44. The molecular weight excluding hydrogens is 923 g/mol. The first kappa shape index (κ1) is 73.1. The molecule has 0 aromatic carbocycles. The number of carbonyl (C=O) groups excluding carboxylic acids is 2. The molecule has 0 aliphatic heterocycles. The molecule has 0 saturated carbocycles. The average Bonchev–Trinajstić information content (AvgIpc) is 3.41. The highest BCUT2D eigenvalue weighted by Gasteiger charge is 2.20. The summed E-state index contributed by atoms with van der Waals surface area (Å²) in [6, 6.07) is -0.550. The zero-order valence-corrected chi connectivity index (χ0v) is 50.5. The van der Waals surface area contributed by atoms with Crippen molar-refractivity contribution in [2.45, 2.75) is 379 Å². The minimum Gasteiger partial charge on any atom is -0.466 e. The maximum Gasteiger partial charge on any atom is 0.305 e. The fourth-order valence-corrected chi connectivity index (χ4v) is 10.5. The summed E-state index contributed by atoms with van der Waals surface area (Å²) in [6.07, 6.45) is 81.7. The van der Waals surface area contributed by atoms with Gasteiger partial charge < -0.3 is 20.3 Å². The maximum atomic E-state index is 12.5. The van der Waals surface area contributed by atoms with E-state index in [2.05, 4.69) is 55.6 Å². The lowest BCUT2D eigenvalue weighted by molar-refractivity contribution is -0.143. The Kier molecular flexibility index (Phi) is 63.0. The number of rotatable bonds is 63. The molecule has 442 valence electrons. The van der Waals surface area contributed by atoms with Gasteiger partial charge in [0.15, 0.2) is 0 Å². The summed E-state index contributed by atoms with van der Waals surface area (Å²) in [5.74, 6) is -0.0384. The first-order chi connectivity index (χ1) is 37.0. The fourth-order valence-electron chi connectivity index (χ4n) is 10.5. The summed E-state index contributed by atoms with van der Waals surface area (Å²) in [5, 5.41) is 23.3. The lowest BCUT2D eigenvalue weighted by Crippen LogP contribution is -2.45. The van der Waals surface area contributed by atoms with E-state index >= 15 is 0 Å². The molecule has 2 unspecified atom stereocenters. The van der Waals surface area contributed by atoms with E-state index in [1.807, 2.05) is 0 Å². The molecular formula is C69H131NO5. The van der Waals surface area contributed by atoms with Gasteiger partial charge in [-0.2, -0.15) is 0 Å². The normalized spacial score (nSPS) is 12.7. The minimum atomic E-state index is -0.672. The van der Waals surface area contributed by atoms with Gasteiger partial charge in [0.1, 0.15) is 0 Å². The Morgan fingerprint density at radius 2 is 0.667 bits per heavy atom. The van der Waals surface area contributed by atoms with Crippen LogP contribution in [0.1, 0.15) is 367 Å². The van der Waals surface area contributed by atoms with Gasteiger partial charge in [-0.3, -0.25) is 9.59 Å². The number of ether oxygens (including phenoxy) is 1. The molecule has 0 heterocycles. The van der Waals surface area contributed by atoms with Crippen molar-refractivity contribution in [3.63, 3.8) is 0 Å². The number of nitrogens with one attached hydrogen (secondary N) is 1. The molecule has 3 N–H and O–H groups in total. The van der Waals surface area contributed by atoms with Crippen LogP contribution >= 0.6 is 0 Å². The Labute approximate surface area is 468 Å². The Morgan fingerprint density at radius 3 is 1.03 bits per heavy atom. The predicted octanol–water partition coefficient (Wildman–Crippen LogP) is 21.5. The zero-order valence-electron chi connectivity index (χ0n) is 50.5. The van der Waals surface area contributed by atoms with Gasteiger partial charge in [-0.15, -0.1) is 0 Å². The standard InChI is InChI=1S/C69H131NO5/c1-3-5-7-9-11-13-15-17-19-21-31-35-39-43-47-51-55-59-63-69(74)75-64-60-56-52-48-44-40-36-32-28-26-24-22-23-25-27-30-34-38-42-46-50-54-58-62-68(73)70-66(65-71)67(72)61-57-53-49-45-41-37-33-29-20-18-16-14-12-10-8-6-4-2/h19,21-22,24-25,27,66-67,71-72H,3-18,20,23,26,28-65H2,1-2H3,(H,70,73)/b21-19-,24-22-,27-25-. The molecule has 6 nitrogen and oxygen atoms in total. The third-order valence-corrected chi connectivity index (χ3v) is 15.7. The van der Waals surface area contributed by atoms with Crippen LogP contribution in [-0.4, -0.2) is 47.4 Å². The van der Waals surface area contributed by atoms with Gasteiger partial charge in [0.05, 0.1) is 25.4 Å². The summed E-state index contributed by atoms with van der Waals surface area (Å²) in [5.41, 5.74) is 0. The summed E-state index contributed by atoms with van der Waals surface area (Å²) < 4.78 is 5.49. The Morgan fingerprint density at radius 1 is 0.373 bits per heavy atom. The summed E-state index contributed by atoms with van der Waals surface area (Å²) >= 11 is 0. The van der Waals surface area contributed by atoms with Gasteiger partial charge in [0, 0.05) is 12.8 Å². The predicted molar refractivity (Wildman–Crippen MR) is 329 cm³/mol. The molecule has 0 rings (SSSR count). The second kappa shape index (κ2) is 64.6. The van der Waals surface area contributed by atoms with Crippen LogP contribution in [0.25, 0.3) is 0 Å². The molecule has 0 radical (unpaired) electrons. The average molecular weight is 1050 g/mol. The maximum absolute atomic E-state index is 12.5. The number of aliphatic hydroxyl groups excluding tert-OH is 2. The van der Waals surface area contributed by atoms with E-state index in [1.54, 1.807) is 0 Å². The summed E-state index contributed by atoms with van der Waals surface area (Å²) in [7, 11) is 0. The van der Waals surface area contributed by atoms with Crippen LogP contribution in [0.5, 0.6) is 0 Å². The van der Waals surface area contributed by atoms with Crippen molar-refractivity contribution in [2.75, 3.05) is 13.2 Å². The summed E-state index contributed by atoms with van der Waals surface area (Å²) in [4.78, 5) is 24.6. The molecule has 0 fully saturated rings. The highest BCUT2D eigenvalue weighted by Crippen LogP contribution is 2.18. The highest BCUT2D eigenvalue weighted by atomic mass is 16.5. The van der Waals surface area contributed by atoms with Gasteiger partial charge >= 0.3 is 5.97 Å². The molecule has 0 bridgehead atoms. The van der Waals surface area contributed by atoms with Crippen LogP contribution < -0.4 is 5.32 Å². The van der Waals surface area contributed by atoms with Crippen LogP contribution in [0.2, 0.25) is 0 Å². The molecule has 75 heavy (non-hydrogen) atoms. The monoisotopic (exact) mass is 1050 g/mol. The number of carbonyl (C=O) groups is 2. The minimum absolute atomic E-state index is 0.00460. The van der Waals surface area contributed by atoms with E-state index in [4.69, 9.17) is 4.74 Å². The van der Waals surface area contributed by atoms with Gasteiger partial charge in [0.2, 0.25) is 5.91 Å². The van der Waals surface area contributed by atoms with Crippen molar-refractivity contribution in [1.82, 2.24) is 5.32 Å². The molecule has 1 amide bonds. The molecule has 0 aliphatic rings. The van der Waals surface area contributed by atoms with Crippen molar-refractivity contribution in [2.24, 2.45) is 0 Å². The zero-order chi connectivity index (χ0) is 54.3. The van der Waals surface area contributed by atoms with Crippen LogP contribution in [0, 0.1) is 0 Å². The number of hydrogen-bond acceptors (Lipinski definition) is 5. The number of hydrogen-bond donors (Lipinski definition) is 3. The van der Waals surface area contributed by atoms with Crippen LogP contribution in [0.4, 0.5) is 0 Å². The van der Waals surface area contributed by atoms with Crippen LogP contribution in [-0.2, 0) is 14.3 Å². The van der Waals surface area contributed by atoms with E-state index < -0.39 is 12.1 Å². The van der Waals surface area contributed by atoms with E-state index in [-0.39, 0.29) is 18.5 Å². The van der Waals surface area contributed by atoms with Gasteiger partial charge in [-0.05, 0) is 83.5 Å². The second-order valence-corrected chi connectivity index (χ2v) is 23.1. The van der Waals surface area contributed by atoms with Crippen molar-refractivity contribution < 1.29 is 24.5 Å². The number of aliphatic hydroxyl groups is 2. The van der Waals surface area contributed by atoms with Crippen molar-refractivity contribution in [3.8, 4) is 0 Å². The second-order valence-electron chi connectivity index (χ2n) is 23.1. The van der Waals surface area contributed by atoms with Gasteiger partial charge in [0.25, 0.3) is 0 Å². The van der Waals surface area contributed by atoms with E-state index in [0.717, 1.165) is 57.8 Å². The molecule has 0 aromatic heterocycles. The lowest BCUT2D eigenvalue weighted by Gasteiger charge is -2.22. The number of amides is 1. The van der Waals surface area contributed by atoms with E-state index in [1.165, 1.54) is 276 Å². The van der Waals surface area contributed by atoms with Gasteiger partial charge in [-0.1, -0.05) is 307 Å². The number of unbranched alkanes of at least 4 members (excludes halogenated alkanes) is 46. The Hall–Kier alpha value is -1.92. The fraction of sp³-hybridized carbons (Fsp3) is 0.884. The van der Waals surface area contributed by atoms with E-state index in [9.17, 15) is 19.8 Å². The molecule has 0 spiro atoms. The number of allylic oxidation sites excluding steroid dienone is 6. The van der Waals surface area contributed by atoms with E-state index in [0.29, 0.717) is 25.9 Å².